The minimum atomic E-state index is -0.633. The molecule has 5 nitrogen and oxygen atoms in total. The van der Waals surface area contributed by atoms with Crippen molar-refractivity contribution in [2.75, 3.05) is 7.11 Å². The molecule has 1 aromatic carbocycles. The molecule has 1 amide bonds. The lowest BCUT2D eigenvalue weighted by Crippen LogP contribution is -2.15. The molecule has 0 aliphatic rings. The number of rotatable bonds is 4. The second-order valence-electron chi connectivity index (χ2n) is 3.91. The standard InChI is InChI=1S/C14H14N2O3/c1-9-11(19-10-6-4-3-5-7-10)8-16-12(14(15)17)13(9)18-2/h3-8H,1-2H3,(H2,15,17). The number of pyridine rings is 1. The van der Waals surface area contributed by atoms with Gasteiger partial charge in [-0.25, -0.2) is 4.98 Å². The fourth-order valence-electron chi connectivity index (χ4n) is 1.71. The summed E-state index contributed by atoms with van der Waals surface area (Å²) in [5.74, 6) is 0.904. The van der Waals surface area contributed by atoms with E-state index < -0.39 is 5.91 Å². The number of methoxy groups -OCH3 is 1. The van der Waals surface area contributed by atoms with Gasteiger partial charge >= 0.3 is 0 Å². The van der Waals surface area contributed by atoms with E-state index in [-0.39, 0.29) is 5.69 Å². The van der Waals surface area contributed by atoms with E-state index >= 15 is 0 Å². The second-order valence-corrected chi connectivity index (χ2v) is 3.91. The summed E-state index contributed by atoms with van der Waals surface area (Å²) in [6.07, 6.45) is 1.46. The first-order chi connectivity index (χ1) is 9.13. The van der Waals surface area contributed by atoms with Crippen molar-refractivity contribution in [2.24, 2.45) is 5.73 Å². The Hall–Kier alpha value is -2.56. The van der Waals surface area contributed by atoms with Crippen molar-refractivity contribution >= 4 is 5.91 Å². The van der Waals surface area contributed by atoms with Crippen molar-refractivity contribution in [2.45, 2.75) is 6.92 Å². The first kappa shape index (κ1) is 12.9. The first-order valence-corrected chi connectivity index (χ1v) is 5.69. The average Bonchev–Trinajstić information content (AvgIpc) is 2.41. The molecule has 0 atom stereocenters. The SMILES string of the molecule is COc1c(C(N)=O)ncc(Oc2ccccc2)c1C. The van der Waals surface area contributed by atoms with Gasteiger partial charge in [0.15, 0.2) is 17.2 Å². The summed E-state index contributed by atoms with van der Waals surface area (Å²) in [7, 11) is 1.46. The number of amides is 1. The first-order valence-electron chi connectivity index (χ1n) is 5.69. The molecule has 0 saturated carbocycles. The van der Waals surface area contributed by atoms with E-state index in [4.69, 9.17) is 15.2 Å². The van der Waals surface area contributed by atoms with Crippen LogP contribution in [0.15, 0.2) is 36.5 Å². The van der Waals surface area contributed by atoms with E-state index in [9.17, 15) is 4.79 Å². The molecule has 2 N–H and O–H groups in total. The van der Waals surface area contributed by atoms with E-state index in [0.717, 1.165) is 0 Å². The van der Waals surface area contributed by atoms with Crippen LogP contribution in [-0.4, -0.2) is 18.0 Å². The van der Waals surface area contributed by atoms with Crippen LogP contribution in [0, 0.1) is 6.92 Å². The summed E-state index contributed by atoms with van der Waals surface area (Å²) < 4.78 is 10.9. The van der Waals surface area contributed by atoms with E-state index in [2.05, 4.69) is 4.98 Å². The molecule has 19 heavy (non-hydrogen) atoms. The summed E-state index contributed by atoms with van der Waals surface area (Å²) in [6, 6.07) is 9.29. The Morgan fingerprint density at radius 1 is 1.26 bits per heavy atom. The molecular formula is C14H14N2O3. The fraction of sp³-hybridized carbons (Fsp3) is 0.143. The van der Waals surface area contributed by atoms with E-state index in [0.29, 0.717) is 22.8 Å². The number of hydrogen-bond acceptors (Lipinski definition) is 4. The van der Waals surface area contributed by atoms with Crippen molar-refractivity contribution in [3.8, 4) is 17.2 Å². The molecular weight excluding hydrogens is 244 g/mol. The van der Waals surface area contributed by atoms with Crippen LogP contribution in [0.2, 0.25) is 0 Å². The predicted molar refractivity (Wildman–Crippen MR) is 70.6 cm³/mol. The van der Waals surface area contributed by atoms with Crippen LogP contribution in [0.5, 0.6) is 17.2 Å². The summed E-state index contributed by atoms with van der Waals surface area (Å²) in [5, 5.41) is 0. The number of carbonyl (C=O) groups is 1. The molecule has 2 rings (SSSR count). The van der Waals surface area contributed by atoms with Crippen molar-refractivity contribution in [1.82, 2.24) is 4.98 Å². The average molecular weight is 258 g/mol. The van der Waals surface area contributed by atoms with Crippen LogP contribution in [0.1, 0.15) is 16.1 Å². The molecule has 0 radical (unpaired) electrons. The zero-order chi connectivity index (χ0) is 13.8. The molecule has 0 fully saturated rings. The normalized spacial score (nSPS) is 10.0. The van der Waals surface area contributed by atoms with Crippen molar-refractivity contribution in [3.63, 3.8) is 0 Å². The highest BCUT2D eigenvalue weighted by molar-refractivity contribution is 5.94. The van der Waals surface area contributed by atoms with Crippen molar-refractivity contribution < 1.29 is 14.3 Å². The number of carbonyl (C=O) groups excluding carboxylic acids is 1. The second kappa shape index (κ2) is 5.39. The number of nitrogens with two attached hydrogens (primary N) is 1. The maximum atomic E-state index is 11.2. The van der Waals surface area contributed by atoms with Crippen LogP contribution in [0.4, 0.5) is 0 Å². The van der Waals surface area contributed by atoms with Gasteiger partial charge in [-0.15, -0.1) is 0 Å². The van der Waals surface area contributed by atoms with Gasteiger partial charge in [-0.2, -0.15) is 0 Å². The van der Waals surface area contributed by atoms with Gasteiger partial charge in [0.25, 0.3) is 5.91 Å². The topological polar surface area (TPSA) is 74.4 Å². The third-order valence-corrected chi connectivity index (χ3v) is 2.64. The summed E-state index contributed by atoms with van der Waals surface area (Å²) in [4.78, 5) is 15.2. The molecule has 2 aromatic rings. The summed E-state index contributed by atoms with van der Waals surface area (Å²) >= 11 is 0. The van der Waals surface area contributed by atoms with Gasteiger partial charge in [0.2, 0.25) is 0 Å². The minimum absolute atomic E-state index is 0.0976. The van der Waals surface area contributed by atoms with Gasteiger partial charge in [-0.3, -0.25) is 4.79 Å². The molecule has 0 aliphatic heterocycles. The Labute approximate surface area is 111 Å². The number of primary amides is 1. The van der Waals surface area contributed by atoms with E-state index in [1.54, 1.807) is 6.92 Å². The van der Waals surface area contributed by atoms with Crippen LogP contribution in [0.25, 0.3) is 0 Å². The summed E-state index contributed by atoms with van der Waals surface area (Å²) in [5.41, 5.74) is 6.01. The Bertz CT molecular complexity index is 597. The van der Waals surface area contributed by atoms with Crippen LogP contribution < -0.4 is 15.2 Å². The Kier molecular flexibility index (Phi) is 3.66. The minimum Gasteiger partial charge on any atom is -0.494 e. The highest BCUT2D eigenvalue weighted by atomic mass is 16.5. The maximum Gasteiger partial charge on any atom is 0.271 e. The third kappa shape index (κ3) is 2.65. The highest BCUT2D eigenvalue weighted by Crippen LogP contribution is 2.32. The fourth-order valence-corrected chi connectivity index (χ4v) is 1.71. The van der Waals surface area contributed by atoms with Gasteiger partial charge in [-0.05, 0) is 19.1 Å². The molecule has 0 spiro atoms. The summed E-state index contributed by atoms with van der Waals surface area (Å²) in [6.45, 7) is 1.78. The van der Waals surface area contributed by atoms with Gasteiger partial charge in [0.05, 0.1) is 13.3 Å². The Morgan fingerprint density at radius 3 is 2.53 bits per heavy atom. The molecule has 5 heteroatoms. The number of aromatic nitrogens is 1. The lowest BCUT2D eigenvalue weighted by molar-refractivity contribution is 0.0992. The van der Waals surface area contributed by atoms with Gasteiger partial charge in [0.1, 0.15) is 5.75 Å². The molecule has 0 aliphatic carbocycles. The molecule has 0 unspecified atom stereocenters. The molecule has 98 valence electrons. The number of benzene rings is 1. The van der Waals surface area contributed by atoms with Crippen molar-refractivity contribution in [3.05, 3.63) is 47.8 Å². The number of ether oxygens (including phenoxy) is 2. The van der Waals surface area contributed by atoms with Gasteiger partial charge < -0.3 is 15.2 Å². The quantitative estimate of drug-likeness (QED) is 0.913. The Morgan fingerprint density at radius 2 is 1.95 bits per heavy atom. The number of hydrogen-bond donors (Lipinski definition) is 1. The van der Waals surface area contributed by atoms with E-state index in [1.807, 2.05) is 30.3 Å². The molecule has 0 saturated heterocycles. The lowest BCUT2D eigenvalue weighted by Gasteiger charge is -2.13. The predicted octanol–water partition coefficient (Wildman–Crippen LogP) is 2.29. The maximum absolute atomic E-state index is 11.2. The van der Waals surface area contributed by atoms with Gasteiger partial charge in [-0.1, -0.05) is 18.2 Å². The zero-order valence-electron chi connectivity index (χ0n) is 10.7. The van der Waals surface area contributed by atoms with Crippen LogP contribution >= 0.6 is 0 Å². The largest absolute Gasteiger partial charge is 0.494 e. The zero-order valence-corrected chi connectivity index (χ0v) is 10.7. The van der Waals surface area contributed by atoms with Crippen molar-refractivity contribution in [1.29, 1.82) is 0 Å². The number of para-hydroxylation sites is 1. The molecule has 1 heterocycles. The highest BCUT2D eigenvalue weighted by Gasteiger charge is 2.17. The van der Waals surface area contributed by atoms with Crippen LogP contribution in [0.3, 0.4) is 0 Å². The number of nitrogens with zero attached hydrogens (tertiary/aromatic N) is 1. The third-order valence-electron chi connectivity index (χ3n) is 2.64. The van der Waals surface area contributed by atoms with E-state index in [1.165, 1.54) is 13.3 Å². The smallest absolute Gasteiger partial charge is 0.271 e. The lowest BCUT2D eigenvalue weighted by atomic mass is 10.2. The monoisotopic (exact) mass is 258 g/mol. The Balaban J connectivity index is 2.40. The van der Waals surface area contributed by atoms with Gasteiger partial charge in [0, 0.05) is 5.56 Å². The van der Waals surface area contributed by atoms with Crippen LogP contribution in [-0.2, 0) is 0 Å². The molecule has 0 bridgehead atoms. The molecule has 1 aromatic heterocycles.